The van der Waals surface area contributed by atoms with Gasteiger partial charge in [0.2, 0.25) is 0 Å². The first-order valence-corrected chi connectivity index (χ1v) is 4.32. The van der Waals surface area contributed by atoms with Crippen molar-refractivity contribution in [2.75, 3.05) is 0 Å². The number of hydrogen-bond donors (Lipinski definition) is 4. The highest BCUT2D eigenvalue weighted by molar-refractivity contribution is 7.80. The smallest absolute Gasteiger partial charge is 0.426 e. The summed E-state index contributed by atoms with van der Waals surface area (Å²) in [5, 5.41) is 20.2. The largest absolute Gasteiger partial charge is 0.475 e. The Morgan fingerprint density at radius 3 is 2.50 bits per heavy atom. The molecule has 0 saturated carbocycles. The summed E-state index contributed by atoms with van der Waals surface area (Å²) < 4.78 is 0. The van der Waals surface area contributed by atoms with E-state index in [0.717, 1.165) is 6.42 Å². The molecule has 4 nitrogen and oxygen atoms in total. The van der Waals surface area contributed by atoms with E-state index in [9.17, 15) is 0 Å². The van der Waals surface area contributed by atoms with Crippen molar-refractivity contribution in [3.63, 3.8) is 0 Å². The summed E-state index contributed by atoms with van der Waals surface area (Å²) in [5.41, 5.74) is 5.60. The predicted octanol–water partition coefficient (Wildman–Crippen LogP) is -0.959. The summed E-state index contributed by atoms with van der Waals surface area (Å²) >= 11 is 4.91. The topological polar surface area (TPSA) is 78.5 Å². The molecule has 5 N–H and O–H groups in total. The molecule has 0 heterocycles. The average molecular weight is 190 g/mol. The normalized spacial score (nSPS) is 15.1. The minimum Gasteiger partial charge on any atom is -0.426 e. The maximum absolute atomic E-state index is 8.72. The van der Waals surface area contributed by atoms with Crippen LogP contribution in [-0.4, -0.2) is 34.1 Å². The fraction of sp³-hybridized carbons (Fsp3) is 0.833. The molecule has 0 aliphatic heterocycles. The molecular weight excluding hydrogens is 175 g/mol. The van der Waals surface area contributed by atoms with Crippen LogP contribution in [0.1, 0.15) is 20.3 Å². The van der Waals surface area contributed by atoms with E-state index < -0.39 is 13.1 Å². The molecule has 0 aliphatic carbocycles. The molecule has 0 bridgehead atoms. The summed E-state index contributed by atoms with van der Waals surface area (Å²) in [6.45, 7) is 3.54. The van der Waals surface area contributed by atoms with E-state index in [0.29, 0.717) is 4.99 Å². The Morgan fingerprint density at radius 1 is 1.67 bits per heavy atom. The Morgan fingerprint density at radius 2 is 2.17 bits per heavy atom. The lowest BCUT2D eigenvalue weighted by molar-refractivity contribution is 0.385. The maximum Gasteiger partial charge on any atom is 0.475 e. The van der Waals surface area contributed by atoms with Crippen molar-refractivity contribution in [1.82, 2.24) is 5.32 Å². The third-order valence-electron chi connectivity index (χ3n) is 1.59. The van der Waals surface area contributed by atoms with Crippen LogP contribution in [0.2, 0.25) is 0 Å². The number of rotatable bonds is 4. The first-order valence-electron chi connectivity index (χ1n) is 3.91. The Balaban J connectivity index is 3.84. The van der Waals surface area contributed by atoms with E-state index in [-0.39, 0.29) is 6.04 Å². The van der Waals surface area contributed by atoms with Crippen molar-refractivity contribution in [2.24, 2.45) is 5.73 Å². The molecule has 0 spiro atoms. The number of hydrogen-bond acceptors (Lipinski definition) is 4. The molecule has 0 aromatic carbocycles. The summed E-state index contributed by atoms with van der Waals surface area (Å²) in [7, 11) is -1.41. The molecule has 0 aromatic rings. The number of thiocarbonyl (C=S) groups is 1. The fourth-order valence-electron chi connectivity index (χ4n) is 0.591. The minimum absolute atomic E-state index is 0.207. The van der Waals surface area contributed by atoms with E-state index in [1.165, 1.54) is 0 Å². The maximum atomic E-state index is 8.72. The zero-order chi connectivity index (χ0) is 9.72. The number of nitrogens with two attached hydrogens (primary N) is 1. The van der Waals surface area contributed by atoms with Crippen molar-refractivity contribution >= 4 is 24.3 Å². The fourth-order valence-corrected chi connectivity index (χ4v) is 0.944. The minimum atomic E-state index is -1.41. The molecule has 0 fully saturated rings. The van der Waals surface area contributed by atoms with E-state index in [1.54, 1.807) is 6.92 Å². The zero-order valence-electron chi connectivity index (χ0n) is 7.32. The van der Waals surface area contributed by atoms with Gasteiger partial charge in [-0.15, -0.1) is 0 Å². The van der Waals surface area contributed by atoms with E-state index in [4.69, 9.17) is 28.0 Å². The van der Waals surface area contributed by atoms with Crippen LogP contribution in [0.3, 0.4) is 0 Å². The summed E-state index contributed by atoms with van der Waals surface area (Å²) in [6.07, 6.45) is 0.736. The molecule has 0 saturated heterocycles. The van der Waals surface area contributed by atoms with Crippen LogP contribution in [0.15, 0.2) is 0 Å². The summed E-state index contributed by atoms with van der Waals surface area (Å²) in [4.78, 5) is 0.470. The van der Waals surface area contributed by atoms with Crippen molar-refractivity contribution in [3.8, 4) is 0 Å². The highest BCUT2D eigenvalue weighted by Gasteiger charge is 2.19. The predicted molar refractivity (Wildman–Crippen MR) is 53.7 cm³/mol. The van der Waals surface area contributed by atoms with Gasteiger partial charge in [0.15, 0.2) is 0 Å². The van der Waals surface area contributed by atoms with Gasteiger partial charge in [-0.1, -0.05) is 19.1 Å². The van der Waals surface area contributed by atoms with Gasteiger partial charge < -0.3 is 21.1 Å². The lowest BCUT2D eigenvalue weighted by Crippen LogP contribution is -2.49. The number of nitrogens with one attached hydrogen (secondary N) is 1. The van der Waals surface area contributed by atoms with Crippen molar-refractivity contribution in [1.29, 1.82) is 0 Å². The Bertz CT molecular complexity index is 156. The monoisotopic (exact) mass is 190 g/mol. The molecule has 70 valence electrons. The van der Waals surface area contributed by atoms with Gasteiger partial charge in [-0.25, -0.2) is 0 Å². The second kappa shape index (κ2) is 5.48. The van der Waals surface area contributed by atoms with Gasteiger partial charge in [-0.2, -0.15) is 0 Å². The SMILES string of the molecule is CC[C@H](N)C(=S)N[C@@H](C)B(O)O. The van der Waals surface area contributed by atoms with Gasteiger partial charge in [-0.3, -0.25) is 0 Å². The molecule has 0 radical (unpaired) electrons. The molecule has 12 heavy (non-hydrogen) atoms. The summed E-state index contributed by atoms with van der Waals surface area (Å²) in [6, 6.07) is -0.207. The molecule has 0 aromatic heterocycles. The van der Waals surface area contributed by atoms with Crippen LogP contribution in [0.25, 0.3) is 0 Å². The van der Waals surface area contributed by atoms with Gasteiger partial charge in [0, 0.05) is 0 Å². The van der Waals surface area contributed by atoms with Crippen LogP contribution >= 0.6 is 12.2 Å². The van der Waals surface area contributed by atoms with Gasteiger partial charge in [0.25, 0.3) is 0 Å². The van der Waals surface area contributed by atoms with Crippen LogP contribution in [0.4, 0.5) is 0 Å². The Labute approximate surface area is 78.3 Å². The Hall–Kier alpha value is -0.165. The van der Waals surface area contributed by atoms with Crippen LogP contribution in [-0.2, 0) is 0 Å². The van der Waals surface area contributed by atoms with Crippen molar-refractivity contribution in [3.05, 3.63) is 0 Å². The van der Waals surface area contributed by atoms with Crippen LogP contribution in [0.5, 0.6) is 0 Å². The zero-order valence-corrected chi connectivity index (χ0v) is 8.14. The second-order valence-electron chi connectivity index (χ2n) is 2.73. The average Bonchev–Trinajstić information content (AvgIpc) is 2.02. The lowest BCUT2D eigenvalue weighted by atomic mass is 9.81. The molecule has 0 amide bonds. The third kappa shape index (κ3) is 4.01. The van der Waals surface area contributed by atoms with Crippen molar-refractivity contribution < 1.29 is 10.0 Å². The first kappa shape index (κ1) is 11.8. The highest BCUT2D eigenvalue weighted by Crippen LogP contribution is 1.91. The van der Waals surface area contributed by atoms with Gasteiger partial charge in [0.05, 0.1) is 17.0 Å². The second-order valence-corrected chi connectivity index (χ2v) is 3.17. The van der Waals surface area contributed by atoms with Crippen LogP contribution in [0, 0.1) is 0 Å². The van der Waals surface area contributed by atoms with Gasteiger partial charge in [-0.05, 0) is 13.3 Å². The van der Waals surface area contributed by atoms with Gasteiger partial charge >= 0.3 is 7.12 Å². The van der Waals surface area contributed by atoms with Gasteiger partial charge in [0.1, 0.15) is 0 Å². The van der Waals surface area contributed by atoms with E-state index in [1.807, 2.05) is 6.92 Å². The molecule has 6 heteroatoms. The Kier molecular flexibility index (Phi) is 5.40. The molecule has 0 unspecified atom stereocenters. The quantitative estimate of drug-likeness (QED) is 0.339. The highest BCUT2D eigenvalue weighted by atomic mass is 32.1. The third-order valence-corrected chi connectivity index (χ3v) is 2.01. The molecule has 2 atom stereocenters. The van der Waals surface area contributed by atoms with E-state index in [2.05, 4.69) is 5.32 Å². The van der Waals surface area contributed by atoms with Crippen LogP contribution < -0.4 is 11.1 Å². The van der Waals surface area contributed by atoms with Crippen molar-refractivity contribution in [2.45, 2.75) is 32.3 Å². The standard InChI is InChI=1S/C6H15BN2O2S/c1-3-5(8)6(12)9-4(2)7(10)11/h4-5,10-11H,3,8H2,1-2H3,(H,9,12)/t4-,5-/m0/s1. The van der Waals surface area contributed by atoms with E-state index >= 15 is 0 Å². The molecule has 0 aliphatic rings. The summed E-state index contributed by atoms with van der Waals surface area (Å²) in [5.74, 6) is -0.477. The molecular formula is C6H15BN2O2S. The molecule has 0 rings (SSSR count). The first-order chi connectivity index (χ1) is 5.49. The lowest BCUT2D eigenvalue weighted by Gasteiger charge is -2.18.